The van der Waals surface area contributed by atoms with Gasteiger partial charge in [0.25, 0.3) is 5.56 Å². The first-order valence-electron chi connectivity index (χ1n) is 7.94. The van der Waals surface area contributed by atoms with Crippen LogP contribution in [-0.2, 0) is 4.74 Å². The summed E-state index contributed by atoms with van der Waals surface area (Å²) >= 11 is 0. The maximum atomic E-state index is 12.4. The number of carbonyl (C=O) groups is 1. The molecule has 0 fully saturated rings. The van der Waals surface area contributed by atoms with Gasteiger partial charge in [-0.2, -0.15) is 5.10 Å². The minimum Gasteiger partial charge on any atom is -0.461 e. The number of nitrogens with zero attached hydrogens (tertiary/aromatic N) is 2. The lowest BCUT2D eigenvalue weighted by atomic mass is 10.1. The summed E-state index contributed by atoms with van der Waals surface area (Å²) in [5, 5.41) is 6.36. The van der Waals surface area contributed by atoms with Gasteiger partial charge in [-0.05, 0) is 23.8 Å². The van der Waals surface area contributed by atoms with Crippen LogP contribution >= 0.6 is 0 Å². The number of nitrogens with one attached hydrogen (secondary N) is 1. The van der Waals surface area contributed by atoms with Gasteiger partial charge in [-0.1, -0.05) is 36.4 Å². The molecule has 6 heteroatoms. The fourth-order valence-corrected chi connectivity index (χ4v) is 2.81. The van der Waals surface area contributed by atoms with E-state index < -0.39 is 5.97 Å². The molecule has 0 unspecified atom stereocenters. The predicted octanol–water partition coefficient (Wildman–Crippen LogP) is 3.02. The van der Waals surface area contributed by atoms with Gasteiger partial charge in [0.1, 0.15) is 5.52 Å². The number of hydrogen-bond donors (Lipinski definition) is 1. The summed E-state index contributed by atoms with van der Waals surface area (Å²) in [6.45, 7) is 1.98. The number of benzene rings is 2. The van der Waals surface area contributed by atoms with Crippen LogP contribution in [0.4, 0.5) is 0 Å². The van der Waals surface area contributed by atoms with Crippen molar-refractivity contribution in [3.05, 3.63) is 70.8 Å². The molecule has 25 heavy (non-hydrogen) atoms. The average Bonchev–Trinajstić information content (AvgIpc) is 3.06. The number of hydrogen-bond acceptors (Lipinski definition) is 4. The molecule has 6 nitrogen and oxygen atoms in total. The Morgan fingerprint density at radius 1 is 1.16 bits per heavy atom. The number of rotatable bonds is 3. The van der Waals surface area contributed by atoms with E-state index in [1.165, 1.54) is 10.6 Å². The highest BCUT2D eigenvalue weighted by Gasteiger charge is 2.14. The monoisotopic (exact) mass is 333 g/mol. The first-order valence-corrected chi connectivity index (χ1v) is 7.94. The van der Waals surface area contributed by atoms with E-state index in [1.54, 1.807) is 13.1 Å². The molecule has 2 aromatic carbocycles. The third kappa shape index (κ3) is 2.67. The minimum atomic E-state index is -0.544. The molecule has 2 heterocycles. The molecule has 0 aliphatic heterocycles. The Morgan fingerprint density at radius 2 is 1.96 bits per heavy atom. The maximum Gasteiger partial charge on any atom is 0.358 e. The zero-order valence-electron chi connectivity index (χ0n) is 13.5. The lowest BCUT2D eigenvalue weighted by Crippen LogP contribution is -2.10. The Bertz CT molecular complexity index is 1160. The minimum absolute atomic E-state index is 0.114. The first kappa shape index (κ1) is 15.1. The van der Waals surface area contributed by atoms with Crippen LogP contribution in [0.15, 0.2) is 59.5 Å². The van der Waals surface area contributed by atoms with Crippen molar-refractivity contribution in [2.45, 2.75) is 6.92 Å². The van der Waals surface area contributed by atoms with Crippen LogP contribution in [0.25, 0.3) is 27.5 Å². The van der Waals surface area contributed by atoms with E-state index in [0.29, 0.717) is 11.2 Å². The molecule has 2 aromatic heterocycles. The number of carbonyl (C=O) groups excluding carboxylic acids is 1. The van der Waals surface area contributed by atoms with Gasteiger partial charge in [0, 0.05) is 11.6 Å². The van der Waals surface area contributed by atoms with Gasteiger partial charge in [-0.15, -0.1) is 0 Å². The largest absolute Gasteiger partial charge is 0.461 e. The van der Waals surface area contributed by atoms with Gasteiger partial charge < -0.3 is 9.72 Å². The van der Waals surface area contributed by atoms with Crippen molar-refractivity contribution in [2.24, 2.45) is 0 Å². The van der Waals surface area contributed by atoms with Crippen molar-refractivity contribution in [3.8, 4) is 11.3 Å². The first-order chi connectivity index (χ1) is 12.2. The smallest absolute Gasteiger partial charge is 0.358 e. The molecule has 1 N–H and O–H groups in total. The molecule has 4 rings (SSSR count). The standard InChI is InChI=1S/C19H15N3O3/c1-2-25-19(24)15-10-17-18(23)20-16(11-22(17)21-15)14-8-7-12-5-3-4-6-13(12)9-14/h3-11H,2H2,1H3,(H,20,23). The van der Waals surface area contributed by atoms with Crippen molar-refractivity contribution in [1.29, 1.82) is 0 Å². The summed E-state index contributed by atoms with van der Waals surface area (Å²) in [6.07, 6.45) is 1.70. The van der Waals surface area contributed by atoms with E-state index in [4.69, 9.17) is 4.74 Å². The molecule has 0 spiro atoms. The maximum absolute atomic E-state index is 12.4. The highest BCUT2D eigenvalue weighted by Crippen LogP contribution is 2.22. The third-order valence-corrected chi connectivity index (χ3v) is 4.01. The van der Waals surface area contributed by atoms with Gasteiger partial charge in [0.05, 0.1) is 18.5 Å². The second-order valence-corrected chi connectivity index (χ2v) is 5.64. The van der Waals surface area contributed by atoms with Gasteiger partial charge in [-0.3, -0.25) is 4.79 Å². The topological polar surface area (TPSA) is 76.5 Å². The molecule has 0 aliphatic carbocycles. The van der Waals surface area contributed by atoms with Crippen molar-refractivity contribution in [1.82, 2.24) is 14.6 Å². The third-order valence-electron chi connectivity index (χ3n) is 4.01. The molecule has 0 saturated heterocycles. The van der Waals surface area contributed by atoms with Crippen LogP contribution in [0.2, 0.25) is 0 Å². The summed E-state index contributed by atoms with van der Waals surface area (Å²) in [4.78, 5) is 27.0. The summed E-state index contributed by atoms with van der Waals surface area (Å²) in [5.74, 6) is -0.544. The van der Waals surface area contributed by atoms with Gasteiger partial charge in [-0.25, -0.2) is 9.31 Å². The van der Waals surface area contributed by atoms with Gasteiger partial charge >= 0.3 is 5.97 Å². The highest BCUT2D eigenvalue weighted by atomic mass is 16.5. The summed E-state index contributed by atoms with van der Waals surface area (Å²) in [6, 6.07) is 15.4. The van der Waals surface area contributed by atoms with Crippen molar-refractivity contribution >= 4 is 22.3 Å². The number of ether oxygens (including phenoxy) is 1. The van der Waals surface area contributed by atoms with E-state index >= 15 is 0 Å². The fourth-order valence-electron chi connectivity index (χ4n) is 2.81. The molecular weight excluding hydrogens is 318 g/mol. The van der Waals surface area contributed by atoms with E-state index in [1.807, 2.05) is 42.5 Å². The summed E-state index contributed by atoms with van der Waals surface area (Å²) < 4.78 is 6.35. The van der Waals surface area contributed by atoms with Crippen LogP contribution in [0.3, 0.4) is 0 Å². The zero-order chi connectivity index (χ0) is 17.4. The predicted molar refractivity (Wildman–Crippen MR) is 94.7 cm³/mol. The molecule has 0 radical (unpaired) electrons. The Hall–Kier alpha value is -3.41. The normalized spacial score (nSPS) is 11.1. The Kier molecular flexibility index (Phi) is 3.57. The summed E-state index contributed by atoms with van der Waals surface area (Å²) in [5.41, 5.74) is 1.59. The SMILES string of the molecule is CCOC(=O)c1cc2c(=O)[nH]c(-c3ccc4ccccc4c3)cn2n1. The van der Waals surface area contributed by atoms with Crippen molar-refractivity contribution in [3.63, 3.8) is 0 Å². The molecule has 0 amide bonds. The second kappa shape index (κ2) is 5.90. The number of aromatic nitrogens is 3. The van der Waals surface area contributed by atoms with Crippen LogP contribution in [0.5, 0.6) is 0 Å². The Morgan fingerprint density at radius 3 is 2.76 bits per heavy atom. The van der Waals surface area contributed by atoms with Crippen LogP contribution < -0.4 is 5.56 Å². The average molecular weight is 333 g/mol. The quantitative estimate of drug-likeness (QED) is 0.585. The molecule has 0 bridgehead atoms. The molecule has 124 valence electrons. The Labute approximate surface area is 142 Å². The van der Waals surface area contributed by atoms with Crippen molar-refractivity contribution in [2.75, 3.05) is 6.61 Å². The summed E-state index contributed by atoms with van der Waals surface area (Å²) in [7, 11) is 0. The number of esters is 1. The van der Waals surface area contributed by atoms with E-state index in [9.17, 15) is 9.59 Å². The lowest BCUT2D eigenvalue weighted by molar-refractivity contribution is 0.0519. The molecule has 0 aliphatic rings. The number of aromatic amines is 1. The van der Waals surface area contributed by atoms with E-state index in [2.05, 4.69) is 10.1 Å². The molecule has 0 atom stereocenters. The molecule has 4 aromatic rings. The second-order valence-electron chi connectivity index (χ2n) is 5.64. The number of fused-ring (bicyclic) bond motifs is 2. The van der Waals surface area contributed by atoms with Crippen LogP contribution in [0.1, 0.15) is 17.4 Å². The highest BCUT2D eigenvalue weighted by molar-refractivity contribution is 5.89. The fraction of sp³-hybridized carbons (Fsp3) is 0.105. The number of H-pyrrole nitrogens is 1. The van der Waals surface area contributed by atoms with Gasteiger partial charge in [0.2, 0.25) is 0 Å². The molecular formula is C19H15N3O3. The van der Waals surface area contributed by atoms with E-state index in [0.717, 1.165) is 16.3 Å². The van der Waals surface area contributed by atoms with E-state index in [-0.39, 0.29) is 17.9 Å². The van der Waals surface area contributed by atoms with Crippen LogP contribution in [0, 0.1) is 0 Å². The zero-order valence-corrected chi connectivity index (χ0v) is 13.5. The molecule has 0 saturated carbocycles. The van der Waals surface area contributed by atoms with Crippen molar-refractivity contribution < 1.29 is 9.53 Å². The van der Waals surface area contributed by atoms with Gasteiger partial charge in [0.15, 0.2) is 5.69 Å². The van der Waals surface area contributed by atoms with Crippen LogP contribution in [-0.4, -0.2) is 27.2 Å². The lowest BCUT2D eigenvalue weighted by Gasteiger charge is -2.04. The Balaban J connectivity index is 1.84.